The van der Waals surface area contributed by atoms with Crippen LogP contribution < -0.4 is 5.32 Å². The van der Waals surface area contributed by atoms with E-state index in [0.29, 0.717) is 10.8 Å². The van der Waals surface area contributed by atoms with Crippen LogP contribution in [-0.2, 0) is 4.79 Å². The maximum Gasteiger partial charge on any atom is 0.234 e. The Bertz CT molecular complexity index is 863. The SMILES string of the molecule is Cc1cc(NC(=O)CSc2ccc3ccccc3c2)ccc1Cl. The average Bonchev–Trinajstić information content (AvgIpc) is 2.56. The number of rotatable bonds is 4. The van der Waals surface area contributed by atoms with E-state index >= 15 is 0 Å². The van der Waals surface area contributed by atoms with Gasteiger partial charge in [0.1, 0.15) is 0 Å². The first kappa shape index (κ1) is 15.9. The molecular formula is C19H16ClNOS. The topological polar surface area (TPSA) is 29.1 Å². The van der Waals surface area contributed by atoms with Crippen molar-refractivity contribution in [2.24, 2.45) is 0 Å². The van der Waals surface area contributed by atoms with Crippen molar-refractivity contribution in [2.75, 3.05) is 11.1 Å². The molecule has 1 N–H and O–H groups in total. The molecule has 0 radical (unpaired) electrons. The van der Waals surface area contributed by atoms with Gasteiger partial charge in [-0.2, -0.15) is 0 Å². The molecule has 0 fully saturated rings. The fraction of sp³-hybridized carbons (Fsp3) is 0.105. The predicted octanol–water partition coefficient (Wildman–Crippen LogP) is 5.53. The van der Waals surface area contributed by atoms with Crippen molar-refractivity contribution in [3.63, 3.8) is 0 Å². The van der Waals surface area contributed by atoms with Crippen LogP contribution >= 0.6 is 23.4 Å². The highest BCUT2D eigenvalue weighted by Gasteiger charge is 2.05. The Morgan fingerprint density at radius 1 is 1.04 bits per heavy atom. The van der Waals surface area contributed by atoms with E-state index in [1.165, 1.54) is 22.5 Å². The number of hydrogen-bond donors (Lipinski definition) is 1. The minimum absolute atomic E-state index is 0.0233. The molecule has 0 saturated heterocycles. The number of hydrogen-bond acceptors (Lipinski definition) is 2. The van der Waals surface area contributed by atoms with E-state index in [9.17, 15) is 4.79 Å². The summed E-state index contributed by atoms with van der Waals surface area (Å²) in [4.78, 5) is 13.2. The first-order valence-corrected chi connectivity index (χ1v) is 8.66. The van der Waals surface area contributed by atoms with Crippen molar-refractivity contribution in [3.8, 4) is 0 Å². The fourth-order valence-electron chi connectivity index (χ4n) is 2.33. The van der Waals surface area contributed by atoms with E-state index in [-0.39, 0.29) is 5.91 Å². The molecule has 0 aliphatic rings. The lowest BCUT2D eigenvalue weighted by Crippen LogP contribution is -2.14. The zero-order valence-corrected chi connectivity index (χ0v) is 14.2. The molecule has 0 heterocycles. The Morgan fingerprint density at radius 3 is 2.61 bits per heavy atom. The number of fused-ring (bicyclic) bond motifs is 1. The third-order valence-corrected chi connectivity index (χ3v) is 4.95. The summed E-state index contributed by atoms with van der Waals surface area (Å²) in [6.45, 7) is 1.92. The molecule has 3 rings (SSSR count). The molecule has 3 aromatic rings. The van der Waals surface area contributed by atoms with Gasteiger partial charge in [-0.15, -0.1) is 11.8 Å². The van der Waals surface area contributed by atoms with E-state index in [0.717, 1.165) is 16.1 Å². The van der Waals surface area contributed by atoms with Crippen LogP contribution in [0.4, 0.5) is 5.69 Å². The molecule has 23 heavy (non-hydrogen) atoms. The number of nitrogens with one attached hydrogen (secondary N) is 1. The minimum atomic E-state index is -0.0233. The number of anilines is 1. The molecule has 3 aromatic carbocycles. The lowest BCUT2D eigenvalue weighted by atomic mass is 10.1. The molecule has 0 spiro atoms. The molecular weight excluding hydrogens is 326 g/mol. The van der Waals surface area contributed by atoms with Crippen LogP contribution in [-0.4, -0.2) is 11.7 Å². The van der Waals surface area contributed by atoms with Gasteiger partial charge >= 0.3 is 0 Å². The Morgan fingerprint density at radius 2 is 1.83 bits per heavy atom. The van der Waals surface area contributed by atoms with Crippen LogP contribution in [0.25, 0.3) is 10.8 Å². The van der Waals surface area contributed by atoms with E-state index in [2.05, 4.69) is 29.6 Å². The van der Waals surface area contributed by atoms with Gasteiger partial charge in [0.25, 0.3) is 0 Å². The minimum Gasteiger partial charge on any atom is -0.325 e. The van der Waals surface area contributed by atoms with Gasteiger partial charge in [0.15, 0.2) is 0 Å². The molecule has 0 aromatic heterocycles. The Labute approximate surface area is 144 Å². The zero-order chi connectivity index (χ0) is 16.2. The van der Waals surface area contributed by atoms with Crippen molar-refractivity contribution in [1.82, 2.24) is 0 Å². The third-order valence-electron chi connectivity index (χ3n) is 3.53. The third kappa shape index (κ3) is 4.06. The Balaban J connectivity index is 1.62. The average molecular weight is 342 g/mol. The Kier molecular flexibility index (Phi) is 4.89. The number of halogens is 1. The van der Waals surface area contributed by atoms with Crippen LogP contribution in [0.3, 0.4) is 0 Å². The first-order valence-electron chi connectivity index (χ1n) is 7.29. The van der Waals surface area contributed by atoms with E-state index < -0.39 is 0 Å². The largest absolute Gasteiger partial charge is 0.325 e. The first-order chi connectivity index (χ1) is 11.1. The van der Waals surface area contributed by atoms with Gasteiger partial charge in [0, 0.05) is 15.6 Å². The van der Waals surface area contributed by atoms with Gasteiger partial charge in [0.05, 0.1) is 5.75 Å². The molecule has 116 valence electrons. The molecule has 0 aliphatic carbocycles. The van der Waals surface area contributed by atoms with Crippen LogP contribution in [0.15, 0.2) is 65.6 Å². The van der Waals surface area contributed by atoms with E-state index in [1.807, 2.05) is 37.3 Å². The molecule has 0 bridgehead atoms. The van der Waals surface area contributed by atoms with Gasteiger partial charge in [-0.25, -0.2) is 0 Å². The smallest absolute Gasteiger partial charge is 0.234 e. The predicted molar refractivity (Wildman–Crippen MR) is 99.5 cm³/mol. The summed E-state index contributed by atoms with van der Waals surface area (Å²) in [7, 11) is 0. The van der Waals surface area contributed by atoms with Crippen LogP contribution in [0.2, 0.25) is 5.02 Å². The van der Waals surface area contributed by atoms with Crippen molar-refractivity contribution in [1.29, 1.82) is 0 Å². The van der Waals surface area contributed by atoms with Gasteiger partial charge in [-0.1, -0.05) is 41.9 Å². The van der Waals surface area contributed by atoms with Crippen LogP contribution in [0.1, 0.15) is 5.56 Å². The van der Waals surface area contributed by atoms with E-state index in [4.69, 9.17) is 11.6 Å². The highest BCUT2D eigenvalue weighted by molar-refractivity contribution is 8.00. The molecule has 1 amide bonds. The number of carbonyl (C=O) groups is 1. The number of benzene rings is 3. The highest BCUT2D eigenvalue weighted by Crippen LogP contribution is 2.24. The fourth-order valence-corrected chi connectivity index (χ4v) is 3.19. The molecule has 0 unspecified atom stereocenters. The number of carbonyl (C=O) groups excluding carboxylic acids is 1. The van der Waals surface area contributed by atoms with Gasteiger partial charge < -0.3 is 5.32 Å². The molecule has 2 nitrogen and oxygen atoms in total. The summed E-state index contributed by atoms with van der Waals surface area (Å²) >= 11 is 7.52. The van der Waals surface area contributed by atoms with Gasteiger partial charge in [-0.05, 0) is 53.6 Å². The quantitative estimate of drug-likeness (QED) is 0.632. The van der Waals surface area contributed by atoms with Crippen molar-refractivity contribution >= 4 is 45.7 Å². The molecule has 0 atom stereocenters. The lowest BCUT2D eigenvalue weighted by Gasteiger charge is -2.07. The molecule has 0 saturated carbocycles. The number of aryl methyl sites for hydroxylation is 1. The van der Waals surface area contributed by atoms with Crippen molar-refractivity contribution < 1.29 is 4.79 Å². The molecule has 4 heteroatoms. The summed E-state index contributed by atoms with van der Waals surface area (Å²) in [5.41, 5.74) is 1.72. The maximum absolute atomic E-state index is 12.1. The van der Waals surface area contributed by atoms with Gasteiger partial charge in [0.2, 0.25) is 5.91 Å². The lowest BCUT2D eigenvalue weighted by molar-refractivity contribution is -0.113. The van der Waals surface area contributed by atoms with Gasteiger partial charge in [-0.3, -0.25) is 4.79 Å². The number of amides is 1. The summed E-state index contributed by atoms with van der Waals surface area (Å²) < 4.78 is 0. The standard InChI is InChI=1S/C19H16ClNOS/c1-13-10-16(7-9-18(13)20)21-19(22)12-23-17-8-6-14-4-2-3-5-15(14)11-17/h2-11H,12H2,1H3,(H,21,22). The summed E-state index contributed by atoms with van der Waals surface area (Å²) in [5.74, 6) is 0.352. The van der Waals surface area contributed by atoms with Crippen molar-refractivity contribution in [2.45, 2.75) is 11.8 Å². The monoisotopic (exact) mass is 341 g/mol. The highest BCUT2D eigenvalue weighted by atomic mass is 35.5. The Hall–Kier alpha value is -1.97. The van der Waals surface area contributed by atoms with E-state index in [1.54, 1.807) is 6.07 Å². The second-order valence-corrected chi connectivity index (χ2v) is 6.77. The zero-order valence-electron chi connectivity index (χ0n) is 12.7. The number of thioether (sulfide) groups is 1. The summed E-state index contributed by atoms with van der Waals surface area (Å²) in [5, 5.41) is 5.99. The summed E-state index contributed by atoms with van der Waals surface area (Å²) in [6, 6.07) is 19.9. The molecule has 0 aliphatic heterocycles. The van der Waals surface area contributed by atoms with Crippen molar-refractivity contribution in [3.05, 3.63) is 71.2 Å². The second-order valence-electron chi connectivity index (χ2n) is 5.31. The summed E-state index contributed by atoms with van der Waals surface area (Å²) in [6.07, 6.45) is 0. The second kappa shape index (κ2) is 7.07. The van der Waals surface area contributed by atoms with Crippen LogP contribution in [0.5, 0.6) is 0 Å². The maximum atomic E-state index is 12.1. The van der Waals surface area contributed by atoms with Crippen LogP contribution in [0, 0.1) is 6.92 Å². The normalized spacial score (nSPS) is 10.7.